The molecule has 1 aromatic heterocycles. The van der Waals surface area contributed by atoms with E-state index in [2.05, 4.69) is 15.0 Å². The van der Waals surface area contributed by atoms with E-state index in [1.165, 1.54) is 24.3 Å². The number of alkyl halides is 3. The number of thiazole rings is 1. The Bertz CT molecular complexity index is 911. The van der Waals surface area contributed by atoms with Crippen molar-refractivity contribution in [1.82, 2.24) is 10.3 Å². The summed E-state index contributed by atoms with van der Waals surface area (Å²) in [5.74, 6) is -2.91. The molecule has 1 aliphatic rings. The van der Waals surface area contributed by atoms with E-state index in [1.54, 1.807) is 5.32 Å². The number of hydrogen-bond donors (Lipinski definition) is 2. The maximum Gasteiger partial charge on any atom is 0.442 e. The number of aryl methyl sites for hydroxylation is 2. The van der Waals surface area contributed by atoms with E-state index in [4.69, 9.17) is 11.6 Å². The van der Waals surface area contributed by atoms with Gasteiger partial charge in [-0.3, -0.25) is 4.79 Å². The van der Waals surface area contributed by atoms with Gasteiger partial charge in [0.15, 0.2) is 5.13 Å². The summed E-state index contributed by atoms with van der Waals surface area (Å²) in [6.45, 7) is 0. The maximum atomic E-state index is 14.1. The average Bonchev–Trinajstić information content (AvgIpc) is 3.08. The van der Waals surface area contributed by atoms with Gasteiger partial charge < -0.3 is 15.4 Å². The van der Waals surface area contributed by atoms with Crippen molar-refractivity contribution in [1.29, 1.82) is 0 Å². The lowest BCUT2D eigenvalue weighted by molar-refractivity contribution is -0.203. The molecule has 1 atom stereocenters. The number of nitrogens with zero attached hydrogens (tertiary/aromatic N) is 1. The quantitative estimate of drug-likeness (QED) is 0.536. The molecular weight excluding hydrogens is 431 g/mol. The second-order valence-corrected chi connectivity index (χ2v) is 7.89. The number of anilines is 1. The maximum absolute atomic E-state index is 14.1. The van der Waals surface area contributed by atoms with Crippen molar-refractivity contribution in [2.75, 3.05) is 12.4 Å². The van der Waals surface area contributed by atoms with Gasteiger partial charge in [-0.05, 0) is 37.8 Å². The zero-order chi connectivity index (χ0) is 21.2. The molecule has 0 saturated heterocycles. The van der Waals surface area contributed by atoms with E-state index in [-0.39, 0.29) is 15.7 Å². The molecule has 3 rings (SSSR count). The minimum Gasteiger partial charge on any atom is -0.466 e. The second kappa shape index (κ2) is 8.19. The van der Waals surface area contributed by atoms with Gasteiger partial charge in [-0.2, -0.15) is 13.2 Å². The average molecular weight is 448 g/mol. The number of nitrogens with one attached hydrogen (secondary N) is 2. The Morgan fingerprint density at radius 3 is 2.52 bits per heavy atom. The first kappa shape index (κ1) is 21.4. The molecule has 0 bridgehead atoms. The van der Waals surface area contributed by atoms with Gasteiger partial charge in [-0.1, -0.05) is 23.7 Å². The first-order valence-electron chi connectivity index (χ1n) is 8.67. The highest BCUT2D eigenvalue weighted by Crippen LogP contribution is 2.37. The lowest BCUT2D eigenvalue weighted by Gasteiger charge is -2.34. The molecule has 11 heteroatoms. The van der Waals surface area contributed by atoms with Crippen molar-refractivity contribution in [3.8, 4) is 0 Å². The molecule has 1 heterocycles. The first-order chi connectivity index (χ1) is 13.7. The van der Waals surface area contributed by atoms with Crippen LogP contribution in [0.3, 0.4) is 0 Å². The van der Waals surface area contributed by atoms with E-state index in [1.807, 2.05) is 0 Å². The molecule has 1 amide bonds. The zero-order valence-corrected chi connectivity index (χ0v) is 16.8. The Morgan fingerprint density at radius 1 is 1.21 bits per heavy atom. The van der Waals surface area contributed by atoms with Crippen LogP contribution in [-0.2, 0) is 22.4 Å². The number of methoxy groups -OCH3 is 1. The summed E-state index contributed by atoms with van der Waals surface area (Å²) in [4.78, 5) is 29.9. The van der Waals surface area contributed by atoms with Crippen LogP contribution in [0.25, 0.3) is 0 Å². The minimum absolute atomic E-state index is 0.0596. The molecule has 0 radical (unpaired) electrons. The van der Waals surface area contributed by atoms with Crippen molar-refractivity contribution in [3.63, 3.8) is 0 Å². The second-order valence-electron chi connectivity index (χ2n) is 6.39. The Balaban J connectivity index is 2.01. The van der Waals surface area contributed by atoms with Crippen LogP contribution >= 0.6 is 22.9 Å². The summed E-state index contributed by atoms with van der Waals surface area (Å²) >= 11 is 6.94. The number of fused-ring (bicyclic) bond motifs is 1. The normalized spacial score (nSPS) is 15.8. The fraction of sp³-hybridized carbons (Fsp3) is 0.389. The Hall–Kier alpha value is -2.33. The molecule has 29 heavy (non-hydrogen) atoms. The fourth-order valence-corrected chi connectivity index (χ4v) is 4.32. The summed E-state index contributed by atoms with van der Waals surface area (Å²) in [5, 5.41) is 3.65. The van der Waals surface area contributed by atoms with Gasteiger partial charge in [0.1, 0.15) is 0 Å². The van der Waals surface area contributed by atoms with Crippen LogP contribution in [0.1, 0.15) is 33.8 Å². The number of carbonyl (C=O) groups is 2. The molecule has 6 nitrogen and oxygen atoms in total. The van der Waals surface area contributed by atoms with Gasteiger partial charge in [0.25, 0.3) is 5.91 Å². The summed E-state index contributed by atoms with van der Waals surface area (Å²) in [6.07, 6.45) is -2.07. The van der Waals surface area contributed by atoms with E-state index in [0.717, 1.165) is 36.2 Å². The molecule has 2 aromatic rings. The predicted molar refractivity (Wildman–Crippen MR) is 102 cm³/mol. The van der Waals surface area contributed by atoms with Crippen molar-refractivity contribution >= 4 is 39.9 Å². The number of carbonyl (C=O) groups excluding carboxylic acids is 2. The standard InChI is InChI=1S/C18H17ClF3N3O3S/c1-28-15(27)17(18(20,21)22,24-14(26)10-6-2-3-7-11(10)19)25-16-23-12-8-4-5-9-13(12)29-16/h2-3,6-7H,4-5,8-9H2,1H3,(H,23,25)(H,24,26)/t17-/m0/s1. The smallest absolute Gasteiger partial charge is 0.442 e. The lowest BCUT2D eigenvalue weighted by atomic mass is 10.0. The molecule has 0 aliphatic heterocycles. The highest BCUT2D eigenvalue weighted by Gasteiger charge is 2.64. The van der Waals surface area contributed by atoms with Crippen molar-refractivity contribution < 1.29 is 27.5 Å². The van der Waals surface area contributed by atoms with Crippen molar-refractivity contribution in [2.24, 2.45) is 0 Å². The SMILES string of the molecule is COC(=O)[C@](NC(=O)c1ccccc1Cl)(Nc1nc2c(s1)CCCC2)C(F)(F)F. The van der Waals surface area contributed by atoms with Gasteiger partial charge in [0, 0.05) is 4.88 Å². The molecular formula is C18H17ClF3N3O3S. The van der Waals surface area contributed by atoms with Gasteiger partial charge >= 0.3 is 17.8 Å². The third-order valence-corrected chi connectivity index (χ3v) is 5.88. The largest absolute Gasteiger partial charge is 0.466 e. The molecule has 0 saturated carbocycles. The van der Waals surface area contributed by atoms with E-state index in [0.29, 0.717) is 18.5 Å². The van der Waals surface area contributed by atoms with E-state index in [9.17, 15) is 22.8 Å². The summed E-state index contributed by atoms with van der Waals surface area (Å²) in [6, 6.07) is 5.57. The third-order valence-electron chi connectivity index (χ3n) is 4.48. The zero-order valence-electron chi connectivity index (χ0n) is 15.2. The predicted octanol–water partition coefficient (Wildman–Crippen LogP) is 3.95. The molecule has 0 spiro atoms. The fourth-order valence-electron chi connectivity index (χ4n) is 2.99. The van der Waals surface area contributed by atoms with Gasteiger partial charge in [0.05, 0.1) is 23.4 Å². The van der Waals surface area contributed by atoms with Crippen LogP contribution in [0.4, 0.5) is 18.3 Å². The van der Waals surface area contributed by atoms with Crippen LogP contribution in [0.15, 0.2) is 24.3 Å². The van der Waals surface area contributed by atoms with Crippen LogP contribution in [-0.4, -0.2) is 35.8 Å². The highest BCUT2D eigenvalue weighted by atomic mass is 35.5. The summed E-state index contributed by atoms with van der Waals surface area (Å²) in [7, 11) is 0.805. The molecule has 0 fully saturated rings. The minimum atomic E-state index is -5.23. The number of halogens is 4. The van der Waals surface area contributed by atoms with Crippen LogP contribution in [0, 0.1) is 0 Å². The number of hydrogen-bond acceptors (Lipinski definition) is 6. The van der Waals surface area contributed by atoms with E-state index < -0.39 is 23.7 Å². The Labute approximate surface area is 173 Å². The van der Waals surface area contributed by atoms with Crippen molar-refractivity contribution in [3.05, 3.63) is 45.4 Å². The van der Waals surface area contributed by atoms with Crippen LogP contribution in [0.2, 0.25) is 5.02 Å². The van der Waals surface area contributed by atoms with Gasteiger partial charge in [0.2, 0.25) is 0 Å². The summed E-state index contributed by atoms with van der Waals surface area (Å²) < 4.78 is 46.8. The number of benzene rings is 1. The topological polar surface area (TPSA) is 80.3 Å². The monoisotopic (exact) mass is 447 g/mol. The summed E-state index contributed by atoms with van der Waals surface area (Å²) in [5.41, 5.74) is -3.05. The number of rotatable bonds is 5. The van der Waals surface area contributed by atoms with Gasteiger partial charge in [-0.25, -0.2) is 9.78 Å². The Kier molecular flexibility index (Phi) is 6.04. The van der Waals surface area contributed by atoms with Crippen molar-refractivity contribution in [2.45, 2.75) is 37.5 Å². The first-order valence-corrected chi connectivity index (χ1v) is 9.86. The van der Waals surface area contributed by atoms with Crippen LogP contribution in [0.5, 0.6) is 0 Å². The number of ether oxygens (including phenoxy) is 1. The molecule has 156 valence electrons. The molecule has 1 aliphatic carbocycles. The molecule has 2 N–H and O–H groups in total. The molecule has 1 aromatic carbocycles. The van der Waals surface area contributed by atoms with Gasteiger partial charge in [-0.15, -0.1) is 11.3 Å². The number of amides is 1. The Morgan fingerprint density at radius 2 is 1.90 bits per heavy atom. The third kappa shape index (κ3) is 4.18. The lowest BCUT2D eigenvalue weighted by Crippen LogP contribution is -2.69. The highest BCUT2D eigenvalue weighted by molar-refractivity contribution is 7.15. The number of esters is 1. The number of aromatic nitrogens is 1. The van der Waals surface area contributed by atoms with E-state index >= 15 is 0 Å². The molecule has 0 unspecified atom stereocenters. The van der Waals surface area contributed by atoms with Crippen LogP contribution < -0.4 is 10.6 Å².